The highest BCUT2D eigenvalue weighted by Crippen LogP contribution is 2.44. The minimum absolute atomic E-state index is 0.125. The van der Waals surface area contributed by atoms with Crippen molar-refractivity contribution in [3.63, 3.8) is 0 Å². The monoisotopic (exact) mass is 439 g/mol. The van der Waals surface area contributed by atoms with Crippen LogP contribution in [0.2, 0.25) is 0 Å². The Hall–Kier alpha value is -4.07. The highest BCUT2D eigenvalue weighted by Gasteiger charge is 2.48. The van der Waals surface area contributed by atoms with E-state index in [4.69, 9.17) is 4.74 Å². The smallest absolute Gasteiger partial charge is 0.300 e. The first-order valence-corrected chi connectivity index (χ1v) is 9.48. The molecule has 1 atom stereocenters. The fraction of sp³-hybridized carbons (Fsp3) is 0.0833. The van der Waals surface area contributed by atoms with Crippen LogP contribution in [0.25, 0.3) is 5.76 Å². The number of rotatable bonds is 4. The number of benzene rings is 3. The van der Waals surface area contributed by atoms with Gasteiger partial charge in [0.15, 0.2) is 0 Å². The molecule has 8 heteroatoms. The van der Waals surface area contributed by atoms with Crippen molar-refractivity contribution < 1.29 is 32.6 Å². The fourth-order valence-corrected chi connectivity index (χ4v) is 3.70. The lowest BCUT2D eigenvalue weighted by Gasteiger charge is -2.26. The van der Waals surface area contributed by atoms with Crippen molar-refractivity contribution in [2.24, 2.45) is 0 Å². The van der Waals surface area contributed by atoms with Gasteiger partial charge in [0, 0.05) is 6.07 Å². The van der Waals surface area contributed by atoms with Gasteiger partial charge in [-0.1, -0.05) is 24.3 Å². The van der Waals surface area contributed by atoms with Crippen LogP contribution in [-0.4, -0.2) is 23.9 Å². The number of hydrogen-bond donors (Lipinski definition) is 1. The fourth-order valence-electron chi connectivity index (χ4n) is 3.70. The summed E-state index contributed by atoms with van der Waals surface area (Å²) >= 11 is 0. The van der Waals surface area contributed by atoms with Crippen molar-refractivity contribution in [2.75, 3.05) is 12.0 Å². The number of hydrogen-bond acceptors (Lipinski definition) is 4. The molecule has 1 amide bonds. The summed E-state index contributed by atoms with van der Waals surface area (Å²) in [5.74, 6) is -4.96. The molecule has 1 unspecified atom stereocenters. The van der Waals surface area contributed by atoms with Crippen molar-refractivity contribution in [1.82, 2.24) is 0 Å². The van der Waals surface area contributed by atoms with Crippen LogP contribution in [0.1, 0.15) is 17.2 Å². The number of carbonyl (C=O) groups excluding carboxylic acids is 2. The van der Waals surface area contributed by atoms with Gasteiger partial charge in [-0.05, 0) is 42.0 Å². The molecule has 0 radical (unpaired) electrons. The van der Waals surface area contributed by atoms with E-state index in [2.05, 4.69) is 0 Å². The number of anilines is 1. The van der Waals surface area contributed by atoms with E-state index < -0.39 is 46.6 Å². The standard InChI is InChI=1S/C24H16F3NO4/c1-32-19-5-3-2-4-16(19)22(29)20-21(13-6-8-14(25)9-7-13)28(24(31)23(20)30)18-12-15(26)10-11-17(18)27/h2-12,21,29H,1H3/b22-20+. The molecule has 1 aliphatic rings. The van der Waals surface area contributed by atoms with Crippen molar-refractivity contribution in [3.8, 4) is 5.75 Å². The number of methoxy groups -OCH3 is 1. The summed E-state index contributed by atoms with van der Waals surface area (Å²) in [5.41, 5.74) is -0.513. The van der Waals surface area contributed by atoms with E-state index in [-0.39, 0.29) is 22.4 Å². The molecule has 1 aliphatic heterocycles. The second kappa shape index (κ2) is 8.22. The van der Waals surface area contributed by atoms with E-state index in [9.17, 15) is 27.9 Å². The molecular formula is C24H16F3NO4. The van der Waals surface area contributed by atoms with Crippen LogP contribution in [-0.2, 0) is 9.59 Å². The average Bonchev–Trinajstić information content (AvgIpc) is 3.06. The number of Topliss-reactive ketones (excluding diaryl/α,β-unsaturated/α-hetero) is 1. The summed E-state index contributed by atoms with van der Waals surface area (Å²) in [6.45, 7) is 0. The predicted octanol–water partition coefficient (Wildman–Crippen LogP) is 4.74. The first-order valence-electron chi connectivity index (χ1n) is 9.48. The highest BCUT2D eigenvalue weighted by atomic mass is 19.1. The van der Waals surface area contributed by atoms with E-state index in [0.29, 0.717) is 0 Å². The Bertz CT molecular complexity index is 1250. The number of ether oxygens (including phenoxy) is 1. The Labute approximate surface area is 181 Å². The summed E-state index contributed by atoms with van der Waals surface area (Å²) in [6.07, 6.45) is 0. The molecule has 1 heterocycles. The minimum Gasteiger partial charge on any atom is -0.507 e. The summed E-state index contributed by atoms with van der Waals surface area (Å²) in [5, 5.41) is 11.1. The normalized spacial score (nSPS) is 17.6. The zero-order valence-corrected chi connectivity index (χ0v) is 16.7. The lowest BCUT2D eigenvalue weighted by Crippen LogP contribution is -2.30. The number of aliphatic hydroxyl groups is 1. The third-order valence-electron chi connectivity index (χ3n) is 5.16. The van der Waals surface area contributed by atoms with E-state index in [1.807, 2.05) is 0 Å². The molecule has 32 heavy (non-hydrogen) atoms. The number of halogens is 3. The number of aliphatic hydroxyl groups excluding tert-OH is 1. The van der Waals surface area contributed by atoms with Gasteiger partial charge in [-0.15, -0.1) is 0 Å². The minimum atomic E-state index is -1.34. The topological polar surface area (TPSA) is 66.8 Å². The molecule has 1 N–H and O–H groups in total. The van der Waals surface area contributed by atoms with Gasteiger partial charge in [0.1, 0.15) is 29.0 Å². The predicted molar refractivity (Wildman–Crippen MR) is 111 cm³/mol. The zero-order valence-electron chi connectivity index (χ0n) is 16.7. The lowest BCUT2D eigenvalue weighted by molar-refractivity contribution is -0.132. The molecule has 1 saturated heterocycles. The average molecular weight is 439 g/mol. The van der Waals surface area contributed by atoms with Gasteiger partial charge in [-0.3, -0.25) is 14.5 Å². The Balaban J connectivity index is 2.00. The molecule has 5 nitrogen and oxygen atoms in total. The molecule has 162 valence electrons. The zero-order chi connectivity index (χ0) is 23.0. The number of amides is 1. The number of ketones is 1. The molecule has 0 bridgehead atoms. The molecule has 0 aromatic heterocycles. The molecule has 0 saturated carbocycles. The van der Waals surface area contributed by atoms with Gasteiger partial charge in [0.2, 0.25) is 0 Å². The summed E-state index contributed by atoms with van der Waals surface area (Å²) in [6, 6.07) is 12.2. The first-order chi connectivity index (χ1) is 15.3. The van der Waals surface area contributed by atoms with Gasteiger partial charge >= 0.3 is 0 Å². The van der Waals surface area contributed by atoms with E-state index >= 15 is 0 Å². The van der Waals surface area contributed by atoms with E-state index in [1.165, 1.54) is 25.3 Å². The van der Waals surface area contributed by atoms with Gasteiger partial charge in [0.05, 0.1) is 30.0 Å². The second-order valence-corrected chi connectivity index (χ2v) is 7.02. The summed E-state index contributed by atoms with van der Waals surface area (Å²) < 4.78 is 47.3. The van der Waals surface area contributed by atoms with Crippen LogP contribution in [0.5, 0.6) is 5.75 Å². The first kappa shape index (κ1) is 21.2. The van der Waals surface area contributed by atoms with Crippen LogP contribution >= 0.6 is 0 Å². The summed E-state index contributed by atoms with van der Waals surface area (Å²) in [4.78, 5) is 26.7. The van der Waals surface area contributed by atoms with Gasteiger partial charge < -0.3 is 9.84 Å². The molecule has 1 fully saturated rings. The van der Waals surface area contributed by atoms with Crippen molar-refractivity contribution in [2.45, 2.75) is 6.04 Å². The van der Waals surface area contributed by atoms with E-state index in [0.717, 1.165) is 35.2 Å². The van der Waals surface area contributed by atoms with Crippen LogP contribution in [0.3, 0.4) is 0 Å². The highest BCUT2D eigenvalue weighted by molar-refractivity contribution is 6.51. The number of carbonyl (C=O) groups is 2. The lowest BCUT2D eigenvalue weighted by atomic mass is 9.94. The van der Waals surface area contributed by atoms with Gasteiger partial charge in [-0.25, -0.2) is 13.2 Å². The molecule has 3 aromatic carbocycles. The maximum Gasteiger partial charge on any atom is 0.300 e. The Morgan fingerprint density at radius 3 is 2.28 bits per heavy atom. The number of nitrogens with zero attached hydrogens (tertiary/aromatic N) is 1. The number of para-hydroxylation sites is 1. The molecule has 4 rings (SSSR count). The second-order valence-electron chi connectivity index (χ2n) is 7.02. The van der Waals surface area contributed by atoms with Crippen molar-refractivity contribution in [1.29, 1.82) is 0 Å². The van der Waals surface area contributed by atoms with Crippen molar-refractivity contribution in [3.05, 3.63) is 101 Å². The van der Waals surface area contributed by atoms with Gasteiger partial charge in [-0.2, -0.15) is 0 Å². The maximum absolute atomic E-state index is 14.6. The molecular weight excluding hydrogens is 423 g/mol. The third-order valence-corrected chi connectivity index (χ3v) is 5.16. The molecule has 3 aromatic rings. The van der Waals surface area contributed by atoms with Crippen LogP contribution < -0.4 is 9.64 Å². The molecule has 0 aliphatic carbocycles. The van der Waals surface area contributed by atoms with Gasteiger partial charge in [0.25, 0.3) is 11.7 Å². The van der Waals surface area contributed by atoms with Crippen LogP contribution in [0.4, 0.5) is 18.9 Å². The SMILES string of the molecule is COc1ccccc1/C(O)=C1\C(=O)C(=O)N(c2cc(F)ccc2F)C1c1ccc(F)cc1. The Morgan fingerprint density at radius 1 is 0.938 bits per heavy atom. The maximum atomic E-state index is 14.6. The quantitative estimate of drug-likeness (QED) is 0.362. The Morgan fingerprint density at radius 2 is 1.59 bits per heavy atom. The summed E-state index contributed by atoms with van der Waals surface area (Å²) in [7, 11) is 1.37. The van der Waals surface area contributed by atoms with Crippen LogP contribution in [0.15, 0.2) is 72.3 Å². The Kier molecular flexibility index (Phi) is 5.44. The largest absolute Gasteiger partial charge is 0.507 e. The third kappa shape index (κ3) is 3.49. The van der Waals surface area contributed by atoms with E-state index in [1.54, 1.807) is 18.2 Å². The van der Waals surface area contributed by atoms with Crippen LogP contribution in [0, 0.1) is 17.5 Å². The van der Waals surface area contributed by atoms with Crippen molar-refractivity contribution >= 4 is 23.1 Å². The molecule has 0 spiro atoms.